The summed E-state index contributed by atoms with van der Waals surface area (Å²) < 4.78 is 4.71. The van der Waals surface area contributed by atoms with Crippen LogP contribution in [0.15, 0.2) is 18.2 Å². The summed E-state index contributed by atoms with van der Waals surface area (Å²) in [6, 6.07) is 4.05. The van der Waals surface area contributed by atoms with Crippen molar-refractivity contribution in [2.75, 3.05) is 20.2 Å². The molecule has 0 fully saturated rings. The van der Waals surface area contributed by atoms with Crippen LogP contribution < -0.4 is 0 Å². The predicted molar refractivity (Wildman–Crippen MR) is 63.4 cm³/mol. The topological polar surface area (TPSA) is 87.1 Å². The summed E-state index contributed by atoms with van der Waals surface area (Å²) in [4.78, 5) is 24.2. The molecule has 0 unspecified atom stereocenters. The van der Waals surface area contributed by atoms with Crippen LogP contribution in [0.1, 0.15) is 17.3 Å². The minimum Gasteiger partial charge on any atom is -0.504 e. The highest BCUT2D eigenvalue weighted by molar-refractivity contribution is 5.98. The highest BCUT2D eigenvalue weighted by Crippen LogP contribution is 2.28. The molecule has 0 saturated carbocycles. The van der Waals surface area contributed by atoms with Crippen molar-refractivity contribution in [1.29, 1.82) is 0 Å². The van der Waals surface area contributed by atoms with Gasteiger partial charge in [-0.25, -0.2) is 0 Å². The van der Waals surface area contributed by atoms with Gasteiger partial charge in [0.2, 0.25) is 0 Å². The standard InChI is InChI=1S/C12H15NO5/c1-3-18-10(15)7-13(2)12(17)8-5-4-6-9(14)11(8)16/h4-6,14,16H,3,7H2,1-2H3. The Kier molecular flexibility index (Phi) is 4.53. The Hall–Kier alpha value is -2.24. The van der Waals surface area contributed by atoms with Crippen molar-refractivity contribution < 1.29 is 24.5 Å². The van der Waals surface area contributed by atoms with E-state index >= 15 is 0 Å². The van der Waals surface area contributed by atoms with Gasteiger partial charge in [-0.05, 0) is 19.1 Å². The summed E-state index contributed by atoms with van der Waals surface area (Å²) in [7, 11) is 1.41. The number of rotatable bonds is 4. The van der Waals surface area contributed by atoms with Crippen LogP contribution in [0.3, 0.4) is 0 Å². The molecule has 0 aliphatic heterocycles. The molecule has 0 aliphatic carbocycles. The zero-order valence-corrected chi connectivity index (χ0v) is 10.2. The lowest BCUT2D eigenvalue weighted by molar-refractivity contribution is -0.143. The smallest absolute Gasteiger partial charge is 0.325 e. The first-order chi connectivity index (χ1) is 8.47. The summed E-state index contributed by atoms with van der Waals surface area (Å²) in [6.45, 7) is 1.68. The normalized spacial score (nSPS) is 9.89. The molecule has 0 heterocycles. The van der Waals surface area contributed by atoms with Gasteiger partial charge >= 0.3 is 5.97 Å². The third-order valence-corrected chi connectivity index (χ3v) is 2.26. The maximum absolute atomic E-state index is 11.9. The van der Waals surface area contributed by atoms with Gasteiger partial charge in [-0.15, -0.1) is 0 Å². The summed E-state index contributed by atoms with van der Waals surface area (Å²) in [6.07, 6.45) is 0. The van der Waals surface area contributed by atoms with Gasteiger partial charge in [0, 0.05) is 7.05 Å². The van der Waals surface area contributed by atoms with E-state index in [4.69, 9.17) is 4.74 Å². The Morgan fingerprint density at radius 1 is 1.33 bits per heavy atom. The molecule has 98 valence electrons. The molecule has 1 amide bonds. The number of amides is 1. The fourth-order valence-electron chi connectivity index (χ4n) is 1.38. The summed E-state index contributed by atoms with van der Waals surface area (Å²) in [5.41, 5.74) is -0.0678. The van der Waals surface area contributed by atoms with Gasteiger partial charge in [-0.2, -0.15) is 0 Å². The van der Waals surface area contributed by atoms with Gasteiger partial charge in [0.1, 0.15) is 6.54 Å². The van der Waals surface area contributed by atoms with Crippen LogP contribution in [0.4, 0.5) is 0 Å². The van der Waals surface area contributed by atoms with E-state index < -0.39 is 17.6 Å². The largest absolute Gasteiger partial charge is 0.504 e. The Balaban J connectivity index is 2.81. The number of hydrogen-bond acceptors (Lipinski definition) is 5. The number of ether oxygens (including phenoxy) is 1. The maximum Gasteiger partial charge on any atom is 0.325 e. The van der Waals surface area contributed by atoms with Crippen LogP contribution >= 0.6 is 0 Å². The molecule has 1 aromatic rings. The summed E-state index contributed by atoms with van der Waals surface area (Å²) in [5.74, 6) is -1.99. The number of likely N-dealkylation sites (N-methyl/N-ethyl adjacent to an activating group) is 1. The molecule has 0 bridgehead atoms. The molecular weight excluding hydrogens is 238 g/mol. The number of aromatic hydroxyl groups is 2. The van der Waals surface area contributed by atoms with Crippen molar-refractivity contribution in [2.24, 2.45) is 0 Å². The fraction of sp³-hybridized carbons (Fsp3) is 0.333. The van der Waals surface area contributed by atoms with Gasteiger partial charge in [0.05, 0.1) is 12.2 Å². The van der Waals surface area contributed by atoms with Gasteiger partial charge < -0.3 is 19.8 Å². The van der Waals surface area contributed by atoms with Crippen LogP contribution in [0.2, 0.25) is 0 Å². The average Bonchev–Trinajstić information content (AvgIpc) is 2.32. The molecular formula is C12H15NO5. The number of hydrogen-bond donors (Lipinski definition) is 2. The van der Waals surface area contributed by atoms with Crippen molar-refractivity contribution in [1.82, 2.24) is 4.90 Å². The minimum atomic E-state index is -0.573. The molecule has 0 aliphatic rings. The highest BCUT2D eigenvalue weighted by Gasteiger charge is 2.19. The Bertz CT molecular complexity index is 458. The Morgan fingerprint density at radius 3 is 2.61 bits per heavy atom. The Labute approximate surface area is 104 Å². The average molecular weight is 253 g/mol. The molecule has 2 N–H and O–H groups in total. The number of para-hydroxylation sites is 1. The molecule has 1 aromatic carbocycles. The first-order valence-electron chi connectivity index (χ1n) is 5.39. The molecule has 0 aromatic heterocycles. The molecule has 1 rings (SSSR count). The second kappa shape index (κ2) is 5.90. The van der Waals surface area contributed by atoms with Crippen molar-refractivity contribution in [3.05, 3.63) is 23.8 Å². The van der Waals surface area contributed by atoms with E-state index in [2.05, 4.69) is 0 Å². The van der Waals surface area contributed by atoms with Crippen molar-refractivity contribution in [3.8, 4) is 11.5 Å². The van der Waals surface area contributed by atoms with E-state index in [9.17, 15) is 19.8 Å². The Morgan fingerprint density at radius 2 is 2.00 bits per heavy atom. The highest BCUT2D eigenvalue weighted by atomic mass is 16.5. The molecule has 0 spiro atoms. The van der Waals surface area contributed by atoms with Gasteiger partial charge in [-0.3, -0.25) is 9.59 Å². The third kappa shape index (κ3) is 3.13. The van der Waals surface area contributed by atoms with Gasteiger partial charge in [-0.1, -0.05) is 6.07 Å². The van der Waals surface area contributed by atoms with Crippen molar-refractivity contribution >= 4 is 11.9 Å². The first-order valence-corrected chi connectivity index (χ1v) is 5.39. The lowest BCUT2D eigenvalue weighted by Crippen LogP contribution is -2.33. The number of phenols is 2. The minimum absolute atomic E-state index is 0.0678. The first kappa shape index (κ1) is 13.8. The predicted octanol–water partition coefficient (Wildman–Crippen LogP) is 0.733. The van der Waals surface area contributed by atoms with Crippen molar-refractivity contribution in [3.63, 3.8) is 0 Å². The van der Waals surface area contributed by atoms with Crippen LogP contribution in [0.5, 0.6) is 11.5 Å². The summed E-state index contributed by atoms with van der Waals surface area (Å²) >= 11 is 0. The van der Waals surface area contributed by atoms with E-state index in [1.54, 1.807) is 6.92 Å². The maximum atomic E-state index is 11.9. The molecule has 6 heteroatoms. The monoisotopic (exact) mass is 253 g/mol. The lowest BCUT2D eigenvalue weighted by Gasteiger charge is -2.16. The number of benzene rings is 1. The number of carbonyl (C=O) groups is 2. The lowest BCUT2D eigenvalue weighted by atomic mass is 10.1. The van der Waals surface area contributed by atoms with E-state index in [0.29, 0.717) is 0 Å². The molecule has 18 heavy (non-hydrogen) atoms. The number of nitrogens with zero attached hydrogens (tertiary/aromatic N) is 1. The van der Waals surface area contributed by atoms with Crippen molar-refractivity contribution in [2.45, 2.75) is 6.92 Å². The molecule has 0 radical (unpaired) electrons. The van der Waals surface area contributed by atoms with Gasteiger partial charge in [0.25, 0.3) is 5.91 Å². The van der Waals surface area contributed by atoms with Crippen LogP contribution in [-0.2, 0) is 9.53 Å². The van der Waals surface area contributed by atoms with Gasteiger partial charge in [0.15, 0.2) is 11.5 Å². The second-order valence-electron chi connectivity index (χ2n) is 3.64. The zero-order valence-electron chi connectivity index (χ0n) is 10.2. The third-order valence-electron chi connectivity index (χ3n) is 2.26. The molecule has 6 nitrogen and oxygen atoms in total. The molecule has 0 atom stereocenters. The quantitative estimate of drug-likeness (QED) is 0.610. The fourth-order valence-corrected chi connectivity index (χ4v) is 1.38. The summed E-state index contributed by atoms with van der Waals surface area (Å²) in [5, 5.41) is 18.8. The SMILES string of the molecule is CCOC(=O)CN(C)C(=O)c1cccc(O)c1O. The van der Waals surface area contributed by atoms with Crippen LogP contribution in [-0.4, -0.2) is 47.2 Å². The van der Waals surface area contributed by atoms with Crippen LogP contribution in [0.25, 0.3) is 0 Å². The van der Waals surface area contributed by atoms with E-state index in [-0.39, 0.29) is 24.5 Å². The number of esters is 1. The van der Waals surface area contributed by atoms with E-state index in [1.165, 1.54) is 25.2 Å². The number of carbonyl (C=O) groups excluding carboxylic acids is 2. The molecule has 0 saturated heterocycles. The second-order valence-corrected chi connectivity index (χ2v) is 3.64. The van der Waals surface area contributed by atoms with E-state index in [0.717, 1.165) is 4.90 Å². The van der Waals surface area contributed by atoms with E-state index in [1.807, 2.05) is 0 Å². The van der Waals surface area contributed by atoms with Crippen LogP contribution in [0, 0.1) is 0 Å². The zero-order chi connectivity index (χ0) is 13.7. The number of phenolic OH excluding ortho intramolecular Hbond substituents is 2.